The third-order valence-electron chi connectivity index (χ3n) is 4.39. The zero-order valence-corrected chi connectivity index (χ0v) is 20.8. The first kappa shape index (κ1) is 22.9. The van der Waals surface area contributed by atoms with Crippen molar-refractivity contribution in [3.05, 3.63) is 53.6 Å². The number of hydrogen-bond acceptors (Lipinski definition) is 2. The summed E-state index contributed by atoms with van der Waals surface area (Å²) in [5.41, 5.74) is 3.45. The zero-order chi connectivity index (χ0) is 21.1. The van der Waals surface area contributed by atoms with E-state index in [0.717, 1.165) is 17.2 Å². The Morgan fingerprint density at radius 2 is 1.46 bits per heavy atom. The van der Waals surface area contributed by atoms with Crippen LogP contribution in [0.1, 0.15) is 71.4 Å². The van der Waals surface area contributed by atoms with Gasteiger partial charge in [0.25, 0.3) is 0 Å². The maximum atomic E-state index is 6.15. The van der Waals surface area contributed by atoms with Gasteiger partial charge in [0.2, 0.25) is 0 Å². The number of nitrogens with one attached hydrogen (secondary N) is 1. The summed E-state index contributed by atoms with van der Waals surface area (Å²) < 4.78 is 8.22. The van der Waals surface area contributed by atoms with Crippen LogP contribution in [0.15, 0.2) is 42.5 Å². The van der Waals surface area contributed by atoms with Crippen LogP contribution in [0.25, 0.3) is 0 Å². The minimum atomic E-state index is -0.0585. The second kappa shape index (κ2) is 9.44. The fraction of sp³-hybridized carbons (Fsp3) is 0.435. The van der Waals surface area contributed by atoms with Crippen molar-refractivity contribution in [2.45, 2.75) is 65.8 Å². The predicted octanol–water partition coefficient (Wildman–Crippen LogP) is 7.87. The molecular weight excluding hydrogens is 479 g/mol. The van der Waals surface area contributed by atoms with E-state index in [-0.39, 0.29) is 5.54 Å². The molecule has 0 aliphatic heterocycles. The van der Waals surface area contributed by atoms with Crippen LogP contribution < -0.4 is 10.1 Å². The normalized spacial score (nSPS) is 11.6. The highest BCUT2D eigenvalue weighted by Crippen LogP contribution is 2.38. The van der Waals surface area contributed by atoms with Gasteiger partial charge in [0.1, 0.15) is 11.5 Å². The van der Waals surface area contributed by atoms with Crippen molar-refractivity contribution < 1.29 is 4.74 Å². The highest BCUT2D eigenvalue weighted by Gasteiger charge is 2.24. The van der Waals surface area contributed by atoms with Gasteiger partial charge in [0, 0.05) is 11.2 Å². The lowest BCUT2D eigenvalue weighted by molar-refractivity contribution is 0.407. The molecule has 0 saturated heterocycles. The van der Waals surface area contributed by atoms with E-state index < -0.39 is 0 Å². The molecule has 0 fully saturated rings. The summed E-state index contributed by atoms with van der Waals surface area (Å²) in [4.78, 5) is 0. The van der Waals surface area contributed by atoms with Gasteiger partial charge in [-0.2, -0.15) is 0 Å². The number of thiocarbonyl (C=S) groups is 1. The van der Waals surface area contributed by atoms with Gasteiger partial charge in [-0.3, -0.25) is 3.11 Å². The summed E-state index contributed by atoms with van der Waals surface area (Å²) in [6, 6.07) is 14.2. The third-order valence-corrected chi connectivity index (χ3v) is 6.94. The molecule has 3 nitrogen and oxygen atoms in total. The number of anilines is 1. The lowest BCUT2D eigenvalue weighted by atomic mass is 9.92. The Labute approximate surface area is 189 Å². The third kappa shape index (κ3) is 5.83. The Morgan fingerprint density at radius 3 is 1.89 bits per heavy atom. The number of nitrogens with zero attached hydrogens (tertiary/aromatic N) is 1. The second-order valence-electron chi connectivity index (χ2n) is 8.58. The summed E-state index contributed by atoms with van der Waals surface area (Å²) in [5.74, 6) is 2.37. The van der Waals surface area contributed by atoms with Crippen LogP contribution >= 0.6 is 35.1 Å². The molecule has 0 atom stereocenters. The maximum Gasteiger partial charge on any atom is 0.182 e. The standard InChI is InChI=1S/C23H31IN2OS/c1-15(2)19-13-18(27-17-11-9-8-10-12-17)14-20(16(3)4)21(19)25-22(28)26(24)23(5,6)7/h8-16H,1-7H3,(H,25,28). The number of hydrogen-bond donors (Lipinski definition) is 1. The molecule has 152 valence electrons. The summed E-state index contributed by atoms with van der Waals surface area (Å²) in [6.45, 7) is 15.2. The molecule has 0 bridgehead atoms. The fourth-order valence-electron chi connectivity index (χ4n) is 2.86. The summed E-state index contributed by atoms with van der Waals surface area (Å²) in [5, 5.41) is 4.25. The SMILES string of the molecule is CC(C)c1cc(Oc2ccccc2)cc(C(C)C)c1NC(=S)N(I)C(C)(C)C. The molecular formula is C23H31IN2OS. The molecule has 28 heavy (non-hydrogen) atoms. The van der Waals surface area contributed by atoms with Crippen LogP contribution in [0.2, 0.25) is 0 Å². The quantitative estimate of drug-likeness (QED) is 0.251. The molecule has 0 radical (unpaired) electrons. The van der Waals surface area contributed by atoms with Crippen LogP contribution in [0.3, 0.4) is 0 Å². The van der Waals surface area contributed by atoms with Gasteiger partial charge in [-0.05, 0) is 80.2 Å². The monoisotopic (exact) mass is 510 g/mol. The molecule has 0 amide bonds. The molecule has 0 aliphatic carbocycles. The lowest BCUT2D eigenvalue weighted by Gasteiger charge is -2.33. The highest BCUT2D eigenvalue weighted by molar-refractivity contribution is 14.1. The molecule has 0 aromatic heterocycles. The Kier molecular flexibility index (Phi) is 7.73. The van der Waals surface area contributed by atoms with E-state index in [4.69, 9.17) is 17.0 Å². The molecule has 0 heterocycles. The van der Waals surface area contributed by atoms with Crippen molar-refractivity contribution in [3.8, 4) is 11.5 Å². The van der Waals surface area contributed by atoms with Crippen LogP contribution in [0, 0.1) is 0 Å². The van der Waals surface area contributed by atoms with Crippen LogP contribution in [0.4, 0.5) is 5.69 Å². The largest absolute Gasteiger partial charge is 0.457 e. The minimum absolute atomic E-state index is 0.0585. The van der Waals surface area contributed by atoms with Crippen LogP contribution in [0.5, 0.6) is 11.5 Å². The van der Waals surface area contributed by atoms with E-state index in [1.54, 1.807) is 0 Å². The van der Waals surface area contributed by atoms with Crippen molar-refractivity contribution >= 4 is 45.9 Å². The van der Waals surface area contributed by atoms with E-state index in [2.05, 4.69) is 91.9 Å². The number of halogens is 1. The molecule has 5 heteroatoms. The van der Waals surface area contributed by atoms with Crippen molar-refractivity contribution in [1.82, 2.24) is 3.11 Å². The number of ether oxygens (including phenoxy) is 1. The Balaban J connectivity index is 2.47. The van der Waals surface area contributed by atoms with E-state index >= 15 is 0 Å². The van der Waals surface area contributed by atoms with Crippen LogP contribution in [-0.4, -0.2) is 13.8 Å². The Hall–Kier alpha value is -1.34. The topological polar surface area (TPSA) is 24.5 Å². The molecule has 2 rings (SSSR count). The number of benzene rings is 2. The zero-order valence-electron chi connectivity index (χ0n) is 17.8. The first-order valence-electron chi connectivity index (χ1n) is 9.68. The minimum Gasteiger partial charge on any atom is -0.457 e. The average Bonchev–Trinajstić information content (AvgIpc) is 2.61. The summed E-state index contributed by atoms with van der Waals surface area (Å²) in [6.07, 6.45) is 0. The van der Waals surface area contributed by atoms with Gasteiger partial charge in [-0.15, -0.1) is 0 Å². The van der Waals surface area contributed by atoms with Gasteiger partial charge < -0.3 is 10.1 Å². The van der Waals surface area contributed by atoms with Gasteiger partial charge >= 0.3 is 0 Å². The van der Waals surface area contributed by atoms with E-state index in [1.807, 2.05) is 30.3 Å². The van der Waals surface area contributed by atoms with Crippen molar-refractivity contribution in [2.24, 2.45) is 0 Å². The van der Waals surface area contributed by atoms with E-state index in [0.29, 0.717) is 16.9 Å². The lowest BCUT2D eigenvalue weighted by Crippen LogP contribution is -2.40. The maximum absolute atomic E-state index is 6.15. The molecule has 2 aromatic carbocycles. The number of para-hydroxylation sites is 1. The van der Waals surface area contributed by atoms with Crippen molar-refractivity contribution in [1.29, 1.82) is 0 Å². The molecule has 0 saturated carbocycles. The van der Waals surface area contributed by atoms with Crippen LogP contribution in [-0.2, 0) is 0 Å². The molecule has 0 unspecified atom stereocenters. The average molecular weight is 510 g/mol. The van der Waals surface area contributed by atoms with E-state index in [9.17, 15) is 0 Å². The van der Waals surface area contributed by atoms with Crippen molar-refractivity contribution in [2.75, 3.05) is 5.32 Å². The molecule has 1 N–H and O–H groups in total. The summed E-state index contributed by atoms with van der Waals surface area (Å²) in [7, 11) is 0. The molecule has 0 aliphatic rings. The number of rotatable bonds is 5. The predicted molar refractivity (Wildman–Crippen MR) is 133 cm³/mol. The molecule has 0 spiro atoms. The fourth-order valence-corrected chi connectivity index (χ4v) is 3.35. The Morgan fingerprint density at radius 1 is 0.964 bits per heavy atom. The summed E-state index contributed by atoms with van der Waals surface area (Å²) >= 11 is 8.00. The van der Waals surface area contributed by atoms with Gasteiger partial charge in [0.15, 0.2) is 5.11 Å². The first-order chi connectivity index (χ1) is 13.0. The highest BCUT2D eigenvalue weighted by atomic mass is 127. The van der Waals surface area contributed by atoms with Gasteiger partial charge in [-0.1, -0.05) is 45.9 Å². The second-order valence-corrected chi connectivity index (χ2v) is 9.93. The Bertz CT molecular complexity index is 784. The smallest absolute Gasteiger partial charge is 0.182 e. The van der Waals surface area contributed by atoms with Gasteiger partial charge in [-0.25, -0.2) is 0 Å². The first-order valence-corrected chi connectivity index (χ1v) is 11.1. The molecule has 2 aromatic rings. The van der Waals surface area contributed by atoms with Gasteiger partial charge in [0.05, 0.1) is 22.9 Å². The van der Waals surface area contributed by atoms with E-state index in [1.165, 1.54) is 11.1 Å². The van der Waals surface area contributed by atoms with Crippen molar-refractivity contribution in [3.63, 3.8) is 0 Å².